The maximum absolute atomic E-state index is 5.40. The Hall–Kier alpha value is -0.883. The van der Waals surface area contributed by atoms with Gasteiger partial charge in [-0.3, -0.25) is 0 Å². The summed E-state index contributed by atoms with van der Waals surface area (Å²) in [7, 11) is 5.77. The van der Waals surface area contributed by atoms with E-state index in [0.29, 0.717) is 6.42 Å². The molecule has 1 unspecified atom stereocenters. The van der Waals surface area contributed by atoms with Gasteiger partial charge < -0.3 is 19.5 Å². The van der Waals surface area contributed by atoms with E-state index in [9.17, 15) is 0 Å². The van der Waals surface area contributed by atoms with Gasteiger partial charge in [0.25, 0.3) is 0 Å². The van der Waals surface area contributed by atoms with E-state index in [0.717, 1.165) is 15.9 Å². The average Bonchev–Trinajstić information content (AvgIpc) is 2.39. The Morgan fingerprint density at radius 2 is 1.76 bits per heavy atom. The minimum absolute atomic E-state index is 0.130. The number of para-hydroxylation sites is 1. The zero-order valence-electron chi connectivity index (χ0n) is 10.9. The average molecular weight is 255 g/mol. The fourth-order valence-corrected chi connectivity index (χ4v) is 1.87. The summed E-state index contributed by atoms with van der Waals surface area (Å²) in [5.41, 5.74) is 0.512. The smallest absolute Gasteiger partial charge is 0.145 e. The molecule has 0 aliphatic carbocycles. The van der Waals surface area contributed by atoms with Gasteiger partial charge in [-0.1, -0.05) is 18.2 Å². The van der Waals surface area contributed by atoms with Crippen LogP contribution >= 0.6 is 0 Å². The third kappa shape index (κ3) is 4.47. The first-order valence-corrected chi connectivity index (χ1v) is 6.58. The van der Waals surface area contributed by atoms with Crippen molar-refractivity contribution in [2.45, 2.75) is 18.1 Å². The number of ether oxygens (including phenoxy) is 3. The van der Waals surface area contributed by atoms with Crippen molar-refractivity contribution in [3.63, 3.8) is 0 Å². The van der Waals surface area contributed by atoms with Gasteiger partial charge in [0.15, 0.2) is 0 Å². The van der Waals surface area contributed by atoms with Crippen LogP contribution in [0.4, 0.5) is 5.69 Å². The molecule has 1 aromatic rings. The van der Waals surface area contributed by atoms with Crippen molar-refractivity contribution in [3.8, 4) is 0 Å². The van der Waals surface area contributed by atoms with Crippen LogP contribution in [0.1, 0.15) is 6.42 Å². The van der Waals surface area contributed by atoms with Crippen molar-refractivity contribution < 1.29 is 14.2 Å². The van der Waals surface area contributed by atoms with E-state index in [1.165, 1.54) is 0 Å². The number of nitrogens with one attached hydrogen (secondary N) is 1. The number of hydrogen-bond donors (Lipinski definition) is 1. The summed E-state index contributed by atoms with van der Waals surface area (Å²) >= 11 is 0. The summed E-state index contributed by atoms with van der Waals surface area (Å²) in [6, 6.07) is 9.94. The summed E-state index contributed by atoms with van der Waals surface area (Å²) in [6.45, 7) is 0. The second kappa shape index (κ2) is 6.76. The first-order chi connectivity index (χ1) is 8.13. The molecule has 0 aliphatic heterocycles. The van der Waals surface area contributed by atoms with E-state index < -0.39 is 5.41 Å². The van der Waals surface area contributed by atoms with Crippen molar-refractivity contribution in [2.24, 2.45) is 0 Å². The molecule has 4 nitrogen and oxygen atoms in total. The molecule has 96 valence electrons. The molecule has 0 aromatic heterocycles. The maximum Gasteiger partial charge on any atom is 0.145 e. The SMILES string of the molecule is COC(CC([SiH3])(OC)OC)Nc1ccccc1. The molecule has 1 aromatic carbocycles. The van der Waals surface area contributed by atoms with Crippen LogP contribution in [0.15, 0.2) is 30.3 Å². The number of anilines is 1. The van der Waals surface area contributed by atoms with Gasteiger partial charge in [0.1, 0.15) is 11.6 Å². The van der Waals surface area contributed by atoms with Gasteiger partial charge in [0.2, 0.25) is 0 Å². The first kappa shape index (κ1) is 14.2. The molecule has 0 spiro atoms. The molecule has 1 N–H and O–H groups in total. The zero-order valence-corrected chi connectivity index (χ0v) is 12.9. The van der Waals surface area contributed by atoms with Gasteiger partial charge in [-0.05, 0) is 12.1 Å². The van der Waals surface area contributed by atoms with Crippen LogP contribution in [0, 0.1) is 0 Å². The fraction of sp³-hybridized carbons (Fsp3) is 0.500. The highest BCUT2D eigenvalue weighted by molar-refractivity contribution is 6.13. The van der Waals surface area contributed by atoms with Gasteiger partial charge >= 0.3 is 0 Å². The van der Waals surface area contributed by atoms with Crippen LogP contribution in [0.2, 0.25) is 0 Å². The molecule has 5 heteroatoms. The number of rotatable bonds is 7. The van der Waals surface area contributed by atoms with Crippen LogP contribution in [-0.2, 0) is 14.2 Å². The minimum Gasteiger partial charge on any atom is -0.362 e. The molecular formula is C12H21NO3Si. The minimum atomic E-state index is -0.511. The number of methoxy groups -OCH3 is 3. The molecule has 0 saturated heterocycles. The molecule has 0 saturated carbocycles. The second-order valence-electron chi connectivity index (χ2n) is 3.98. The predicted molar refractivity (Wildman–Crippen MR) is 72.2 cm³/mol. The van der Waals surface area contributed by atoms with Crippen LogP contribution in [-0.4, -0.2) is 43.2 Å². The Morgan fingerprint density at radius 3 is 2.24 bits per heavy atom. The lowest BCUT2D eigenvalue weighted by atomic mass is 10.3. The van der Waals surface area contributed by atoms with E-state index in [4.69, 9.17) is 14.2 Å². The molecule has 1 rings (SSSR count). The lowest BCUT2D eigenvalue weighted by Gasteiger charge is -2.31. The van der Waals surface area contributed by atoms with Crippen molar-refractivity contribution >= 4 is 15.9 Å². The van der Waals surface area contributed by atoms with Gasteiger partial charge in [-0.25, -0.2) is 0 Å². The van der Waals surface area contributed by atoms with Crippen LogP contribution < -0.4 is 5.32 Å². The lowest BCUT2D eigenvalue weighted by molar-refractivity contribution is -0.160. The highest BCUT2D eigenvalue weighted by atomic mass is 28.1. The molecule has 0 fully saturated rings. The highest BCUT2D eigenvalue weighted by Crippen LogP contribution is 2.18. The van der Waals surface area contributed by atoms with Crippen molar-refractivity contribution in [1.82, 2.24) is 0 Å². The second-order valence-corrected chi connectivity index (χ2v) is 5.50. The Bertz CT molecular complexity index is 317. The van der Waals surface area contributed by atoms with E-state index in [1.54, 1.807) is 21.3 Å². The maximum atomic E-state index is 5.40. The third-order valence-corrected chi connectivity index (χ3v) is 4.03. The number of benzene rings is 1. The number of hydrogen-bond acceptors (Lipinski definition) is 4. The molecule has 0 radical (unpaired) electrons. The fourth-order valence-electron chi connectivity index (χ4n) is 1.50. The largest absolute Gasteiger partial charge is 0.362 e. The van der Waals surface area contributed by atoms with E-state index in [2.05, 4.69) is 5.32 Å². The molecule has 1 atom stereocenters. The predicted octanol–water partition coefficient (Wildman–Crippen LogP) is 0.773. The summed E-state index contributed by atoms with van der Waals surface area (Å²) in [6.07, 6.45) is 0.521. The molecular weight excluding hydrogens is 234 g/mol. The Kier molecular flexibility index (Phi) is 5.63. The van der Waals surface area contributed by atoms with Gasteiger partial charge in [0.05, 0.1) is 10.2 Å². The Balaban J connectivity index is 2.60. The molecule has 17 heavy (non-hydrogen) atoms. The highest BCUT2D eigenvalue weighted by Gasteiger charge is 2.27. The van der Waals surface area contributed by atoms with Crippen molar-refractivity contribution in [1.29, 1.82) is 0 Å². The van der Waals surface area contributed by atoms with Crippen LogP contribution in [0.5, 0.6) is 0 Å². The molecule has 0 amide bonds. The molecule has 0 bridgehead atoms. The van der Waals surface area contributed by atoms with Crippen molar-refractivity contribution in [2.75, 3.05) is 26.6 Å². The van der Waals surface area contributed by atoms with E-state index >= 15 is 0 Å². The summed E-state index contributed by atoms with van der Waals surface area (Å²) < 4.78 is 16.2. The lowest BCUT2D eigenvalue weighted by Crippen LogP contribution is -2.41. The van der Waals surface area contributed by atoms with E-state index in [-0.39, 0.29) is 6.23 Å². The van der Waals surface area contributed by atoms with Crippen LogP contribution in [0.3, 0.4) is 0 Å². The molecule has 0 heterocycles. The van der Waals surface area contributed by atoms with Crippen molar-refractivity contribution in [3.05, 3.63) is 30.3 Å². The monoisotopic (exact) mass is 255 g/mol. The Labute approximate surface area is 106 Å². The summed E-state index contributed by atoms with van der Waals surface area (Å²) in [4.78, 5) is 0. The third-order valence-electron chi connectivity index (χ3n) is 2.81. The standard InChI is InChI=1S/C12H21NO3Si/c1-14-11(9-12(17,15-2)16-3)13-10-7-5-4-6-8-10/h4-8,11,13H,9H2,1-3,17H3. The molecule has 0 aliphatic rings. The first-order valence-electron chi connectivity index (χ1n) is 5.58. The summed E-state index contributed by atoms with van der Waals surface area (Å²) in [5, 5.41) is 3.29. The normalized spacial score (nSPS) is 13.6. The van der Waals surface area contributed by atoms with Gasteiger partial charge in [-0.2, -0.15) is 0 Å². The summed E-state index contributed by atoms with van der Waals surface area (Å²) in [5.74, 6) is 0. The Morgan fingerprint density at radius 1 is 1.18 bits per heavy atom. The van der Waals surface area contributed by atoms with Gasteiger partial charge in [-0.15, -0.1) is 0 Å². The van der Waals surface area contributed by atoms with Crippen LogP contribution in [0.25, 0.3) is 0 Å². The zero-order chi connectivity index (χ0) is 12.7. The quantitative estimate of drug-likeness (QED) is 0.577. The van der Waals surface area contributed by atoms with E-state index in [1.807, 2.05) is 30.3 Å². The van der Waals surface area contributed by atoms with Gasteiger partial charge in [0, 0.05) is 33.4 Å². The topological polar surface area (TPSA) is 39.7 Å².